The fourth-order valence-corrected chi connectivity index (χ4v) is 1.89. The molecule has 1 aromatic rings. The van der Waals surface area contributed by atoms with Crippen molar-refractivity contribution in [2.75, 3.05) is 12.3 Å². The molecule has 0 aliphatic rings. The van der Waals surface area contributed by atoms with E-state index in [4.69, 9.17) is 10.5 Å². The molecule has 0 spiro atoms. The number of benzene rings is 1. The lowest BCUT2D eigenvalue weighted by Crippen LogP contribution is -2.43. The summed E-state index contributed by atoms with van der Waals surface area (Å²) in [4.78, 5) is 11.6. The van der Waals surface area contributed by atoms with E-state index < -0.39 is 5.82 Å². The molecule has 0 heterocycles. The van der Waals surface area contributed by atoms with Gasteiger partial charge in [0.05, 0.1) is 10.2 Å². The number of anilines is 1. The summed E-state index contributed by atoms with van der Waals surface area (Å²) in [6.07, 6.45) is 0. The van der Waals surface area contributed by atoms with Crippen molar-refractivity contribution in [1.29, 1.82) is 0 Å². The second-order valence-corrected chi connectivity index (χ2v) is 5.75. The number of amides is 1. The minimum Gasteiger partial charge on any atom is -0.480 e. The van der Waals surface area contributed by atoms with Gasteiger partial charge in [-0.05, 0) is 42.8 Å². The van der Waals surface area contributed by atoms with Crippen molar-refractivity contribution < 1.29 is 13.9 Å². The van der Waals surface area contributed by atoms with E-state index in [1.165, 1.54) is 6.07 Å². The van der Waals surface area contributed by atoms with Crippen LogP contribution in [0.15, 0.2) is 16.6 Å². The van der Waals surface area contributed by atoms with Crippen LogP contribution in [-0.4, -0.2) is 18.1 Å². The minimum atomic E-state index is -0.467. The Bertz CT molecular complexity index is 435. The predicted molar refractivity (Wildman–Crippen MR) is 71.9 cm³/mol. The second-order valence-electron chi connectivity index (χ2n) is 4.89. The lowest BCUT2D eigenvalue weighted by Gasteiger charge is -2.20. The molecule has 18 heavy (non-hydrogen) atoms. The highest BCUT2D eigenvalue weighted by Gasteiger charge is 2.15. The summed E-state index contributed by atoms with van der Waals surface area (Å²) in [6.45, 7) is 5.43. The van der Waals surface area contributed by atoms with E-state index in [2.05, 4.69) is 21.2 Å². The van der Waals surface area contributed by atoms with Gasteiger partial charge >= 0.3 is 0 Å². The number of nitrogens with two attached hydrogens (primary N) is 1. The molecule has 0 saturated heterocycles. The molecule has 0 unspecified atom stereocenters. The number of halogens is 2. The Hall–Kier alpha value is -1.30. The first-order chi connectivity index (χ1) is 8.19. The zero-order valence-corrected chi connectivity index (χ0v) is 12.1. The number of rotatable bonds is 3. The minimum absolute atomic E-state index is 0.144. The maximum absolute atomic E-state index is 13.0. The number of hydrogen-bond acceptors (Lipinski definition) is 3. The van der Waals surface area contributed by atoms with Gasteiger partial charge in [-0.15, -0.1) is 0 Å². The van der Waals surface area contributed by atoms with E-state index in [0.29, 0.717) is 4.47 Å². The third-order valence-corrected chi connectivity index (χ3v) is 2.49. The van der Waals surface area contributed by atoms with Crippen LogP contribution in [0.1, 0.15) is 20.8 Å². The van der Waals surface area contributed by atoms with Crippen LogP contribution in [0.5, 0.6) is 5.75 Å². The van der Waals surface area contributed by atoms with Crippen LogP contribution in [0, 0.1) is 5.82 Å². The molecular weight excluding hydrogens is 303 g/mol. The van der Waals surface area contributed by atoms with Crippen molar-refractivity contribution in [2.45, 2.75) is 26.3 Å². The number of nitrogen functional groups attached to an aromatic ring is 1. The Balaban J connectivity index is 2.67. The maximum atomic E-state index is 13.0. The quantitative estimate of drug-likeness (QED) is 0.841. The van der Waals surface area contributed by atoms with Crippen molar-refractivity contribution >= 4 is 27.5 Å². The average Bonchev–Trinajstić information content (AvgIpc) is 2.12. The van der Waals surface area contributed by atoms with Gasteiger partial charge < -0.3 is 15.8 Å². The third-order valence-electron chi connectivity index (χ3n) is 1.90. The molecule has 1 rings (SSSR count). The fourth-order valence-electron chi connectivity index (χ4n) is 1.32. The van der Waals surface area contributed by atoms with Crippen molar-refractivity contribution in [3.8, 4) is 5.75 Å². The molecule has 6 heteroatoms. The van der Waals surface area contributed by atoms with Crippen LogP contribution in [0.4, 0.5) is 10.1 Å². The zero-order valence-electron chi connectivity index (χ0n) is 10.5. The molecule has 0 radical (unpaired) electrons. The van der Waals surface area contributed by atoms with Gasteiger partial charge in [0.25, 0.3) is 5.91 Å². The summed E-state index contributed by atoms with van der Waals surface area (Å²) in [5.74, 6) is -0.468. The normalized spacial score (nSPS) is 11.2. The first kappa shape index (κ1) is 14.8. The number of carbonyl (C=O) groups excluding carboxylic acids is 1. The fraction of sp³-hybridized carbons (Fsp3) is 0.417. The summed E-state index contributed by atoms with van der Waals surface area (Å²) >= 11 is 3.13. The molecule has 0 saturated carbocycles. The molecule has 0 atom stereocenters. The lowest BCUT2D eigenvalue weighted by atomic mass is 10.1. The van der Waals surface area contributed by atoms with Crippen LogP contribution in [0.25, 0.3) is 0 Å². The Morgan fingerprint density at radius 3 is 2.61 bits per heavy atom. The highest BCUT2D eigenvalue weighted by Crippen LogP contribution is 2.32. The largest absolute Gasteiger partial charge is 0.480 e. The first-order valence-electron chi connectivity index (χ1n) is 5.37. The summed E-state index contributed by atoms with van der Waals surface area (Å²) < 4.78 is 18.6. The van der Waals surface area contributed by atoms with Gasteiger partial charge in [0.15, 0.2) is 12.4 Å². The molecule has 0 aromatic heterocycles. The van der Waals surface area contributed by atoms with E-state index in [1.807, 2.05) is 20.8 Å². The molecule has 0 aliphatic carbocycles. The summed E-state index contributed by atoms with van der Waals surface area (Å²) in [5, 5.41) is 2.75. The standard InChI is InChI=1S/C12H16BrFN2O2/c1-12(2,3)16-10(17)6-18-11-8(13)4-7(14)5-9(11)15/h4-5H,6,15H2,1-3H3,(H,16,17). The van der Waals surface area contributed by atoms with Crippen LogP contribution in [0.2, 0.25) is 0 Å². The molecule has 1 amide bonds. The van der Waals surface area contributed by atoms with Crippen LogP contribution in [0.3, 0.4) is 0 Å². The molecule has 3 N–H and O–H groups in total. The third kappa shape index (κ3) is 4.52. The highest BCUT2D eigenvalue weighted by molar-refractivity contribution is 9.10. The number of hydrogen-bond donors (Lipinski definition) is 2. The molecule has 0 bridgehead atoms. The van der Waals surface area contributed by atoms with Crippen LogP contribution < -0.4 is 15.8 Å². The predicted octanol–water partition coefficient (Wildman–Crippen LogP) is 2.46. The highest BCUT2D eigenvalue weighted by atomic mass is 79.9. The van der Waals surface area contributed by atoms with Gasteiger partial charge in [-0.25, -0.2) is 4.39 Å². The van der Waals surface area contributed by atoms with Gasteiger partial charge in [0.1, 0.15) is 5.82 Å². The average molecular weight is 319 g/mol. The monoisotopic (exact) mass is 318 g/mol. The molecule has 0 fully saturated rings. The molecule has 100 valence electrons. The van der Waals surface area contributed by atoms with E-state index in [-0.39, 0.29) is 29.5 Å². The molecule has 4 nitrogen and oxygen atoms in total. The Kier molecular flexibility index (Phi) is 4.56. The van der Waals surface area contributed by atoms with Crippen molar-refractivity contribution in [3.05, 3.63) is 22.4 Å². The Morgan fingerprint density at radius 2 is 2.11 bits per heavy atom. The first-order valence-corrected chi connectivity index (χ1v) is 6.16. The summed E-state index contributed by atoms with van der Waals surface area (Å²) in [5.41, 5.74) is 5.43. The smallest absolute Gasteiger partial charge is 0.258 e. The van der Waals surface area contributed by atoms with Gasteiger partial charge in [-0.2, -0.15) is 0 Å². The SMILES string of the molecule is CC(C)(C)NC(=O)COc1c(N)cc(F)cc1Br. The summed E-state index contributed by atoms with van der Waals surface area (Å²) in [6, 6.07) is 2.37. The molecular formula is C12H16BrFN2O2. The van der Waals surface area contributed by atoms with Gasteiger partial charge in [0.2, 0.25) is 0 Å². The Labute approximate surface area is 114 Å². The van der Waals surface area contributed by atoms with Gasteiger partial charge in [0, 0.05) is 11.6 Å². The van der Waals surface area contributed by atoms with Crippen molar-refractivity contribution in [2.24, 2.45) is 0 Å². The Morgan fingerprint density at radius 1 is 1.50 bits per heavy atom. The zero-order chi connectivity index (χ0) is 13.9. The molecule has 0 aliphatic heterocycles. The van der Waals surface area contributed by atoms with E-state index in [0.717, 1.165) is 6.07 Å². The van der Waals surface area contributed by atoms with Gasteiger partial charge in [-0.3, -0.25) is 4.79 Å². The summed E-state index contributed by atoms with van der Waals surface area (Å²) in [7, 11) is 0. The van der Waals surface area contributed by atoms with E-state index in [9.17, 15) is 9.18 Å². The van der Waals surface area contributed by atoms with E-state index >= 15 is 0 Å². The molecule has 1 aromatic carbocycles. The van der Waals surface area contributed by atoms with Crippen molar-refractivity contribution in [3.63, 3.8) is 0 Å². The van der Waals surface area contributed by atoms with Gasteiger partial charge in [-0.1, -0.05) is 0 Å². The van der Waals surface area contributed by atoms with Crippen LogP contribution in [-0.2, 0) is 4.79 Å². The van der Waals surface area contributed by atoms with Crippen LogP contribution >= 0.6 is 15.9 Å². The number of ether oxygens (including phenoxy) is 1. The maximum Gasteiger partial charge on any atom is 0.258 e. The number of nitrogens with one attached hydrogen (secondary N) is 1. The topological polar surface area (TPSA) is 64.3 Å². The van der Waals surface area contributed by atoms with Crippen molar-refractivity contribution in [1.82, 2.24) is 5.32 Å². The lowest BCUT2D eigenvalue weighted by molar-refractivity contribution is -0.124. The number of carbonyl (C=O) groups is 1. The van der Waals surface area contributed by atoms with E-state index in [1.54, 1.807) is 0 Å². The second kappa shape index (κ2) is 5.56.